The van der Waals surface area contributed by atoms with Gasteiger partial charge < -0.3 is 50.2 Å². The van der Waals surface area contributed by atoms with Gasteiger partial charge in [0.1, 0.15) is 0 Å². The number of carbonyl (C=O) groups is 8. The molecule has 10 aliphatic rings. The molecule has 3 aromatic heterocycles. The van der Waals surface area contributed by atoms with E-state index >= 15 is 19.2 Å². The number of carbonyl (C=O) groups excluding carboxylic acids is 8. The summed E-state index contributed by atoms with van der Waals surface area (Å²) in [5.41, 5.74) is 11.9. The molecule has 113 heavy (non-hydrogen) atoms. The van der Waals surface area contributed by atoms with Gasteiger partial charge in [0.25, 0.3) is 0 Å². The third kappa shape index (κ3) is 17.0. The van der Waals surface area contributed by atoms with Gasteiger partial charge in [0.2, 0.25) is 23.6 Å². The summed E-state index contributed by atoms with van der Waals surface area (Å²) in [5, 5.41) is 13.0. The van der Waals surface area contributed by atoms with Crippen LogP contribution in [0.15, 0.2) is 97.1 Å². The van der Waals surface area contributed by atoms with Crippen molar-refractivity contribution in [3.05, 3.63) is 142 Å². The van der Waals surface area contributed by atoms with E-state index in [2.05, 4.69) is 141 Å². The van der Waals surface area contributed by atoms with Gasteiger partial charge in [-0.2, -0.15) is 0 Å². The summed E-state index contributed by atoms with van der Waals surface area (Å²) in [6, 6.07) is 31.4. The van der Waals surface area contributed by atoms with E-state index in [-0.39, 0.29) is 113 Å². The molecule has 21 heteroatoms. The van der Waals surface area contributed by atoms with E-state index < -0.39 is 94.8 Å². The summed E-state index contributed by atoms with van der Waals surface area (Å²) in [7, 11) is 0. The smallest absolute Gasteiger partial charge is 0.657 e. The maximum absolute atomic E-state index is 15.1. The Kier molecular flexibility index (Phi) is 22.0. The molecule has 0 saturated heterocycles. The van der Waals surface area contributed by atoms with E-state index in [4.69, 9.17) is 38.9 Å². The number of nitrogens with zero attached hydrogens (tertiary/aromatic N) is 4. The van der Waals surface area contributed by atoms with E-state index in [9.17, 15) is 19.2 Å². The van der Waals surface area contributed by atoms with Crippen molar-refractivity contribution in [1.29, 1.82) is 0 Å². The zero-order valence-electron chi connectivity index (χ0n) is 66.5. The van der Waals surface area contributed by atoms with Gasteiger partial charge in [-0.15, -0.1) is 22.1 Å². The standard InChI is InChI=1S/C92H102N8O12.Co/c1-89(2,3)51-39-49(40-52(43-51)90(4,5)6)75-67-27-31-71(93-67)79-73-33-29-69(95-73)76(50-41-53(91(7,8)9)44-54(42-50)92(10,11)12)70-30-34-74(96-70)80(72-32-28-68(75)94-72)78-64-24-22-26-66(78)100-84(104)58-48-62(58)88(108)112-38-20-16-15-19-37-111-87(107)61-47-57(61)83(103)99-65-25-21-23-63(77(65)79)97-81(101)55-45-59(55)85(105)109-35-17-13-14-18-36-110-86(106)60-46-56(60)82(102)98-64;/h21-34,39-44,55-62H,13-20,35-38,45-48H2,1-12H3,(H6,93,94,95,96,97,98,99,100,101,102,103,104);/q;+2/p-2/t55-,56?,57?,58-,59-,60-,61+,62-;/m0./s1. The van der Waals surface area contributed by atoms with Gasteiger partial charge in [-0.25, -0.2) is 9.97 Å². The molecule has 4 aromatic carbocycles. The van der Waals surface area contributed by atoms with Crippen molar-refractivity contribution in [3.8, 4) is 44.5 Å². The molecule has 12 bridgehead atoms. The Bertz CT molecular complexity index is 4760. The number of hydrogen-bond acceptors (Lipinski definition) is 14. The van der Waals surface area contributed by atoms with Crippen LogP contribution in [0.1, 0.15) is 205 Å². The predicted molar refractivity (Wildman–Crippen MR) is 435 cm³/mol. The molecule has 4 N–H and O–H groups in total. The summed E-state index contributed by atoms with van der Waals surface area (Å²) in [6.45, 7) is 26.6. The van der Waals surface area contributed by atoms with Crippen molar-refractivity contribution in [1.82, 2.24) is 19.9 Å². The first-order chi connectivity index (χ1) is 53.3. The summed E-state index contributed by atoms with van der Waals surface area (Å²) in [4.78, 5) is 139. The fourth-order valence-electron chi connectivity index (χ4n) is 15.6. The molecule has 0 spiro atoms. The first kappa shape index (κ1) is 79.4. The third-order valence-electron chi connectivity index (χ3n) is 23.0. The fourth-order valence-corrected chi connectivity index (χ4v) is 15.6. The van der Waals surface area contributed by atoms with Crippen LogP contribution in [0.4, 0.5) is 22.7 Å². The van der Waals surface area contributed by atoms with Crippen molar-refractivity contribution in [2.24, 2.45) is 47.3 Å². The van der Waals surface area contributed by atoms with E-state index in [0.717, 1.165) is 33.4 Å². The van der Waals surface area contributed by atoms with Crippen molar-refractivity contribution in [3.63, 3.8) is 0 Å². The molecule has 17 rings (SSSR count). The molecule has 9 heterocycles. The van der Waals surface area contributed by atoms with Crippen LogP contribution in [0, 0.1) is 47.3 Å². The zero-order chi connectivity index (χ0) is 79.0. The number of ether oxygens (including phenoxy) is 4. The molecule has 589 valence electrons. The molecule has 2 unspecified atom stereocenters. The second-order valence-electron chi connectivity index (χ2n) is 35.7. The number of aromatic nitrogens is 4. The molecule has 4 amide bonds. The Labute approximate surface area is 670 Å². The van der Waals surface area contributed by atoms with Crippen molar-refractivity contribution in [2.45, 2.75) is 182 Å². The molecule has 6 aliphatic heterocycles. The van der Waals surface area contributed by atoms with Gasteiger partial charge in [-0.3, -0.25) is 38.4 Å². The monoisotopic (exact) mass is 1570 g/mol. The Morgan fingerprint density at radius 2 is 0.549 bits per heavy atom. The molecule has 1 radical (unpaired) electrons. The third-order valence-corrected chi connectivity index (χ3v) is 23.0. The topological polar surface area (TPSA) is 276 Å². The Morgan fingerprint density at radius 1 is 0.310 bits per heavy atom. The van der Waals surface area contributed by atoms with Crippen LogP contribution in [0.5, 0.6) is 0 Å². The quantitative estimate of drug-likeness (QED) is 0.0925. The van der Waals surface area contributed by atoms with E-state index in [0.29, 0.717) is 130 Å². The van der Waals surface area contributed by atoms with E-state index in [1.165, 1.54) is 0 Å². The number of esters is 4. The summed E-state index contributed by atoms with van der Waals surface area (Å²) < 4.78 is 23.2. The van der Waals surface area contributed by atoms with E-state index in [1.54, 1.807) is 36.4 Å². The molecular formula is C92H100CoN8O12. The van der Waals surface area contributed by atoms with Crippen molar-refractivity contribution < 1.29 is 74.1 Å². The van der Waals surface area contributed by atoms with Crippen LogP contribution in [0.25, 0.3) is 90.9 Å². The number of rotatable bonds is 2. The first-order valence-electron chi connectivity index (χ1n) is 39.9. The van der Waals surface area contributed by atoms with Gasteiger partial charge >= 0.3 is 40.7 Å². The number of fused-ring (bicyclic) bond motifs is 22. The van der Waals surface area contributed by atoms with Crippen molar-refractivity contribution in [2.75, 3.05) is 47.7 Å². The second kappa shape index (κ2) is 31.3. The molecular weight excluding hydrogens is 1470 g/mol. The van der Waals surface area contributed by atoms with Crippen LogP contribution in [-0.2, 0) is 95.7 Å². The van der Waals surface area contributed by atoms with Gasteiger partial charge in [-0.05, 0) is 203 Å². The van der Waals surface area contributed by atoms with Crippen LogP contribution in [-0.4, -0.2) is 83.9 Å². The molecule has 4 fully saturated rings. The Hall–Kier alpha value is -10.3. The summed E-state index contributed by atoms with van der Waals surface area (Å²) in [5.74, 6) is -9.51. The average molecular weight is 1570 g/mol. The first-order valence-corrected chi connectivity index (χ1v) is 39.9. The molecule has 20 nitrogen and oxygen atoms in total. The van der Waals surface area contributed by atoms with Gasteiger partial charge in [0.05, 0.1) is 119 Å². The molecule has 7 aromatic rings. The zero-order valence-corrected chi connectivity index (χ0v) is 67.5. The maximum atomic E-state index is 15.1. The largest absolute Gasteiger partial charge is 2.00 e. The van der Waals surface area contributed by atoms with Crippen LogP contribution < -0.4 is 31.2 Å². The number of nitrogens with one attached hydrogen (secondary N) is 4. The normalized spacial score (nSPS) is 22.7. The SMILES string of the molecule is CC(C)(C)c1cc(-c2c3nc(c4c5ccc([n-]5)c(-c5cc(C(C)(C)C)cc(C(C)(C)C)c5)c5nc(c(c6ccc2[n-]6)-c2c6cccc2NC(=O)[C@H]2C[C@@H]2C(=O)OCCCCCCOC(=O)[C@@H]2CC2C(=O)Nc2cccc(c2-4)NC(=O)[C@H]2C[C@@H]2C(=O)OCCCCCCOC(=O)[C@H]2CC2C(=O)N6)C=C5)C=C3)cc(C(C)(C)C)c1.[Co+2]. The molecule has 4 saturated carbocycles. The summed E-state index contributed by atoms with van der Waals surface area (Å²) >= 11 is 0. The minimum atomic E-state index is -0.748. The molecule has 4 aliphatic carbocycles. The second-order valence-corrected chi connectivity index (χ2v) is 35.7. The summed E-state index contributed by atoms with van der Waals surface area (Å²) in [6.07, 6.45) is 13.6. The van der Waals surface area contributed by atoms with Gasteiger partial charge in [-0.1, -0.05) is 156 Å². The number of hydrogen-bond donors (Lipinski definition) is 4. The van der Waals surface area contributed by atoms with Crippen molar-refractivity contribution >= 4 is 117 Å². The van der Waals surface area contributed by atoms with Crippen LogP contribution in [0.3, 0.4) is 0 Å². The van der Waals surface area contributed by atoms with Gasteiger partial charge in [0.15, 0.2) is 0 Å². The minimum absolute atomic E-state index is 0. The minimum Gasteiger partial charge on any atom is -0.657 e. The maximum Gasteiger partial charge on any atom is 2.00 e. The Morgan fingerprint density at radius 3 is 0.796 bits per heavy atom. The average Bonchev–Trinajstić information content (AvgIpc) is 1.68. The van der Waals surface area contributed by atoms with E-state index in [1.807, 2.05) is 48.6 Å². The number of anilines is 4. The predicted octanol–water partition coefficient (Wildman–Crippen LogP) is 17.4. The van der Waals surface area contributed by atoms with Crippen LogP contribution >= 0.6 is 0 Å². The number of benzene rings is 4. The number of amides is 4. The molecule has 8 atom stereocenters. The van der Waals surface area contributed by atoms with Crippen LogP contribution in [0.2, 0.25) is 0 Å². The fraction of sp³-hybridized carbons (Fsp3) is 0.435. The van der Waals surface area contributed by atoms with Gasteiger partial charge in [0, 0.05) is 11.1 Å². The Balaban J connectivity index is 0.0000106.